The van der Waals surface area contributed by atoms with Crippen molar-refractivity contribution in [2.45, 2.75) is 20.3 Å². The Bertz CT molecular complexity index is 2130. The van der Waals surface area contributed by atoms with Gasteiger partial charge in [0.05, 0.1) is 0 Å². The molecule has 0 atom stereocenters. The molecule has 0 aliphatic carbocycles. The maximum Gasteiger partial charge on any atom is 0.0303 e. The van der Waals surface area contributed by atoms with Gasteiger partial charge in [0.15, 0.2) is 0 Å². The average molecular weight is 552 g/mol. The first-order valence-electron chi connectivity index (χ1n) is 14.9. The van der Waals surface area contributed by atoms with Crippen molar-refractivity contribution in [3.8, 4) is 22.3 Å². The van der Waals surface area contributed by atoms with Crippen LogP contribution in [-0.2, 0) is 0 Å². The number of allylic oxidation sites excluding steroid dienone is 3. The highest BCUT2D eigenvalue weighted by atomic mass is 14.6. The van der Waals surface area contributed by atoms with Crippen molar-refractivity contribution in [2.24, 2.45) is 0 Å². The van der Waals surface area contributed by atoms with Gasteiger partial charge in [-0.05, 0) is 121 Å². The molecule has 1 heterocycles. The monoisotopic (exact) mass is 551 g/mol. The Morgan fingerprint density at radius 1 is 0.651 bits per heavy atom. The van der Waals surface area contributed by atoms with E-state index in [0.29, 0.717) is 0 Å². The third kappa shape index (κ3) is 4.94. The summed E-state index contributed by atoms with van der Waals surface area (Å²) in [5.41, 5.74) is 11.0. The Hall–Kier alpha value is -5.27. The van der Waals surface area contributed by atoms with E-state index < -0.39 is 0 Å². The minimum atomic E-state index is 0.801. The first-order valence-corrected chi connectivity index (χ1v) is 14.9. The summed E-state index contributed by atoms with van der Waals surface area (Å²) >= 11 is 0. The fourth-order valence-electron chi connectivity index (χ4n) is 6.40. The van der Waals surface area contributed by atoms with E-state index in [1.807, 2.05) is 12.4 Å². The summed E-state index contributed by atoms with van der Waals surface area (Å²) in [7, 11) is 0. The van der Waals surface area contributed by atoms with Gasteiger partial charge in [-0.25, -0.2) is 0 Å². The maximum absolute atomic E-state index is 4.46. The summed E-state index contributed by atoms with van der Waals surface area (Å²) in [4.78, 5) is 4.23. The molecule has 0 fully saturated rings. The van der Waals surface area contributed by atoms with Crippen LogP contribution in [0.2, 0.25) is 0 Å². The number of aromatic nitrogens is 1. The average Bonchev–Trinajstić information content (AvgIpc) is 3.06. The Balaban J connectivity index is 1.33. The molecule has 0 unspecified atom stereocenters. The van der Waals surface area contributed by atoms with Gasteiger partial charge >= 0.3 is 0 Å². The molecule has 0 saturated heterocycles. The van der Waals surface area contributed by atoms with Crippen molar-refractivity contribution in [3.05, 3.63) is 163 Å². The second-order valence-corrected chi connectivity index (χ2v) is 11.4. The third-order valence-corrected chi connectivity index (χ3v) is 8.63. The number of benzene rings is 6. The van der Waals surface area contributed by atoms with Gasteiger partial charge in [-0.3, -0.25) is 4.98 Å². The number of aryl methyl sites for hydroxylation is 1. The molecule has 7 rings (SSSR count). The standard InChI is InChI=1S/C42H33N/c1-28(17-18-29(2)36-23-24-43-27-30(36)3)33-21-19-31-20-22-34(26-35(31)25-33)42-39-15-9-7-13-37(39)41(32-11-5-4-6-12-32)38-14-8-10-16-40(38)42/h4-16,18-27H,1,17H2,2-3H3. The molecular formula is C42H33N. The normalized spacial score (nSPS) is 11.8. The molecule has 0 saturated carbocycles. The summed E-state index contributed by atoms with van der Waals surface area (Å²) in [6.45, 7) is 8.74. The van der Waals surface area contributed by atoms with Gasteiger partial charge < -0.3 is 0 Å². The second kappa shape index (κ2) is 11.2. The Kier molecular flexibility index (Phi) is 6.93. The van der Waals surface area contributed by atoms with E-state index in [-0.39, 0.29) is 0 Å². The van der Waals surface area contributed by atoms with Crippen LogP contribution in [-0.4, -0.2) is 4.98 Å². The van der Waals surface area contributed by atoms with Gasteiger partial charge in [-0.2, -0.15) is 0 Å². The molecule has 0 bridgehead atoms. The summed E-state index contributed by atoms with van der Waals surface area (Å²) in [5.74, 6) is 0. The van der Waals surface area contributed by atoms with E-state index in [0.717, 1.165) is 12.0 Å². The van der Waals surface area contributed by atoms with E-state index >= 15 is 0 Å². The molecule has 1 nitrogen and oxygen atoms in total. The Morgan fingerprint density at radius 2 is 1.26 bits per heavy atom. The summed E-state index contributed by atoms with van der Waals surface area (Å²) < 4.78 is 0. The van der Waals surface area contributed by atoms with Crippen LogP contribution in [0, 0.1) is 6.92 Å². The van der Waals surface area contributed by atoms with E-state index in [2.05, 4.69) is 153 Å². The van der Waals surface area contributed by atoms with Crippen LogP contribution in [0.15, 0.2) is 146 Å². The second-order valence-electron chi connectivity index (χ2n) is 11.4. The SMILES string of the molecule is C=C(CC=C(C)c1ccncc1C)c1ccc2ccc(-c3c4ccccc4c(-c4ccccc4)c4ccccc34)cc2c1. The largest absolute Gasteiger partial charge is 0.264 e. The Morgan fingerprint density at radius 3 is 1.91 bits per heavy atom. The predicted molar refractivity (Wildman–Crippen MR) is 186 cm³/mol. The molecular weight excluding hydrogens is 518 g/mol. The molecule has 1 aromatic heterocycles. The van der Waals surface area contributed by atoms with Crippen LogP contribution in [0.4, 0.5) is 0 Å². The van der Waals surface area contributed by atoms with E-state index in [9.17, 15) is 0 Å². The first kappa shape index (κ1) is 26.6. The Labute approximate surface area is 253 Å². The van der Waals surface area contributed by atoms with E-state index in [1.165, 1.54) is 76.8 Å². The zero-order valence-electron chi connectivity index (χ0n) is 24.6. The highest BCUT2D eigenvalue weighted by Gasteiger charge is 2.16. The third-order valence-electron chi connectivity index (χ3n) is 8.63. The fraction of sp³-hybridized carbons (Fsp3) is 0.0714. The van der Waals surface area contributed by atoms with Crippen molar-refractivity contribution in [1.29, 1.82) is 0 Å². The smallest absolute Gasteiger partial charge is 0.0303 e. The maximum atomic E-state index is 4.46. The van der Waals surface area contributed by atoms with Crippen LogP contribution >= 0.6 is 0 Å². The van der Waals surface area contributed by atoms with Crippen molar-refractivity contribution in [1.82, 2.24) is 4.98 Å². The van der Waals surface area contributed by atoms with Gasteiger partial charge in [0.2, 0.25) is 0 Å². The number of pyridine rings is 1. The van der Waals surface area contributed by atoms with Crippen LogP contribution in [0.3, 0.4) is 0 Å². The van der Waals surface area contributed by atoms with Crippen molar-refractivity contribution < 1.29 is 0 Å². The zero-order chi connectivity index (χ0) is 29.3. The minimum absolute atomic E-state index is 0.801. The molecule has 0 aliphatic heterocycles. The van der Waals surface area contributed by atoms with Gasteiger partial charge in [0.1, 0.15) is 0 Å². The molecule has 1 heteroatoms. The van der Waals surface area contributed by atoms with Gasteiger partial charge in [0.25, 0.3) is 0 Å². The lowest BCUT2D eigenvalue weighted by Gasteiger charge is -2.18. The predicted octanol–water partition coefficient (Wildman–Crippen LogP) is 11.7. The molecule has 0 N–H and O–H groups in total. The lowest BCUT2D eigenvalue weighted by atomic mass is 9.85. The quantitative estimate of drug-likeness (QED) is 0.187. The highest BCUT2D eigenvalue weighted by Crippen LogP contribution is 2.44. The molecule has 6 aromatic carbocycles. The molecule has 206 valence electrons. The van der Waals surface area contributed by atoms with Crippen LogP contribution in [0.25, 0.3) is 65.7 Å². The van der Waals surface area contributed by atoms with Crippen molar-refractivity contribution in [3.63, 3.8) is 0 Å². The number of hydrogen-bond acceptors (Lipinski definition) is 1. The molecule has 0 radical (unpaired) electrons. The molecule has 0 spiro atoms. The summed E-state index contributed by atoms with van der Waals surface area (Å²) in [6, 6.07) is 44.1. The minimum Gasteiger partial charge on any atom is -0.264 e. The van der Waals surface area contributed by atoms with Crippen molar-refractivity contribution in [2.75, 3.05) is 0 Å². The van der Waals surface area contributed by atoms with Crippen LogP contribution in [0.5, 0.6) is 0 Å². The lowest BCUT2D eigenvalue weighted by molar-refractivity contribution is 1.24. The zero-order valence-corrected chi connectivity index (χ0v) is 24.6. The van der Waals surface area contributed by atoms with E-state index in [1.54, 1.807) is 0 Å². The van der Waals surface area contributed by atoms with Crippen molar-refractivity contribution >= 4 is 43.5 Å². The molecule has 43 heavy (non-hydrogen) atoms. The lowest BCUT2D eigenvalue weighted by Crippen LogP contribution is -1.91. The van der Waals surface area contributed by atoms with Gasteiger partial charge in [-0.1, -0.05) is 116 Å². The molecule has 7 aromatic rings. The highest BCUT2D eigenvalue weighted by molar-refractivity contribution is 6.21. The molecule has 0 aliphatic rings. The van der Waals surface area contributed by atoms with Crippen LogP contribution < -0.4 is 0 Å². The van der Waals surface area contributed by atoms with E-state index in [4.69, 9.17) is 0 Å². The topological polar surface area (TPSA) is 12.9 Å². The molecule has 0 amide bonds. The summed E-state index contributed by atoms with van der Waals surface area (Å²) in [6.07, 6.45) is 6.86. The number of rotatable bonds is 6. The number of nitrogens with zero attached hydrogens (tertiary/aromatic N) is 1. The summed E-state index contributed by atoms with van der Waals surface area (Å²) in [5, 5.41) is 7.54. The van der Waals surface area contributed by atoms with Gasteiger partial charge in [-0.15, -0.1) is 0 Å². The number of hydrogen-bond donors (Lipinski definition) is 0. The fourth-order valence-corrected chi connectivity index (χ4v) is 6.40. The van der Waals surface area contributed by atoms with Gasteiger partial charge in [0, 0.05) is 12.4 Å². The number of fused-ring (bicyclic) bond motifs is 3. The van der Waals surface area contributed by atoms with Crippen LogP contribution in [0.1, 0.15) is 30.0 Å². The first-order chi connectivity index (χ1) is 21.1.